The molecular weight excluding hydrogens is 241 g/mol. The lowest BCUT2D eigenvalue weighted by atomic mass is 9.97. The molecule has 0 spiro atoms. The fourth-order valence-corrected chi connectivity index (χ4v) is 2.22. The Balaban J connectivity index is 2.33. The lowest BCUT2D eigenvalue weighted by Gasteiger charge is -2.16. The first-order chi connectivity index (χ1) is 7.63. The minimum absolute atomic E-state index is 0.0194. The number of hydrogen-bond donors (Lipinski definition) is 0. The van der Waals surface area contributed by atoms with E-state index in [1.54, 1.807) is 0 Å². The summed E-state index contributed by atoms with van der Waals surface area (Å²) < 4.78 is 44.2. The zero-order valence-corrected chi connectivity index (χ0v) is 9.11. The van der Waals surface area contributed by atoms with Crippen molar-refractivity contribution in [1.29, 1.82) is 0 Å². The van der Waals surface area contributed by atoms with Crippen LogP contribution < -0.4 is 0 Å². The van der Waals surface area contributed by atoms with Crippen molar-refractivity contribution in [3.05, 3.63) is 35.1 Å². The largest absolute Gasteiger partial charge is 0.373 e. The van der Waals surface area contributed by atoms with E-state index in [0.29, 0.717) is 18.1 Å². The fourth-order valence-electron chi connectivity index (χ4n) is 1.90. The first-order valence-electron chi connectivity index (χ1n) is 4.95. The summed E-state index contributed by atoms with van der Waals surface area (Å²) in [5.41, 5.74) is 0.305. The molecule has 2 atom stereocenters. The lowest BCUT2D eigenvalue weighted by molar-refractivity contribution is 0.0944. The van der Waals surface area contributed by atoms with Crippen molar-refractivity contribution in [2.45, 2.75) is 12.5 Å². The van der Waals surface area contributed by atoms with Crippen LogP contribution in [0.25, 0.3) is 0 Å². The minimum Gasteiger partial charge on any atom is -0.373 e. The van der Waals surface area contributed by atoms with Crippen LogP contribution in [0.1, 0.15) is 18.1 Å². The van der Waals surface area contributed by atoms with Crippen LogP contribution in [-0.2, 0) is 4.74 Å². The van der Waals surface area contributed by atoms with Gasteiger partial charge in [-0.15, -0.1) is 11.6 Å². The van der Waals surface area contributed by atoms with Gasteiger partial charge in [-0.25, -0.2) is 13.2 Å². The van der Waals surface area contributed by atoms with Crippen LogP contribution in [-0.4, -0.2) is 12.5 Å². The highest BCUT2D eigenvalue weighted by atomic mass is 35.5. The molecule has 0 bridgehead atoms. The van der Waals surface area contributed by atoms with Crippen LogP contribution in [0.15, 0.2) is 12.1 Å². The molecule has 16 heavy (non-hydrogen) atoms. The Morgan fingerprint density at radius 1 is 1.25 bits per heavy atom. The summed E-state index contributed by atoms with van der Waals surface area (Å²) >= 11 is 5.72. The molecule has 0 saturated carbocycles. The molecule has 1 aliphatic heterocycles. The second-order valence-electron chi connectivity index (χ2n) is 3.79. The van der Waals surface area contributed by atoms with E-state index >= 15 is 0 Å². The summed E-state index contributed by atoms with van der Waals surface area (Å²) in [4.78, 5) is 0. The predicted octanol–water partition coefficient (Wildman–Crippen LogP) is 3.42. The van der Waals surface area contributed by atoms with Crippen molar-refractivity contribution in [3.8, 4) is 0 Å². The smallest absolute Gasteiger partial charge is 0.194 e. The number of rotatable bonds is 2. The van der Waals surface area contributed by atoms with Gasteiger partial charge < -0.3 is 4.74 Å². The van der Waals surface area contributed by atoms with Crippen LogP contribution in [0.5, 0.6) is 0 Å². The van der Waals surface area contributed by atoms with Gasteiger partial charge in [0, 0.05) is 18.4 Å². The number of benzene rings is 1. The molecule has 0 aromatic heterocycles. The van der Waals surface area contributed by atoms with Crippen molar-refractivity contribution in [2.75, 3.05) is 12.5 Å². The Labute approximate surface area is 96.2 Å². The molecule has 1 aromatic carbocycles. The number of hydrogen-bond acceptors (Lipinski definition) is 1. The van der Waals surface area contributed by atoms with E-state index in [9.17, 15) is 13.2 Å². The normalized spacial score (nSPS) is 25.0. The monoisotopic (exact) mass is 250 g/mol. The molecule has 1 nitrogen and oxygen atoms in total. The van der Waals surface area contributed by atoms with Gasteiger partial charge in [-0.1, -0.05) is 0 Å². The summed E-state index contributed by atoms with van der Waals surface area (Å²) in [7, 11) is 0. The standard InChI is InChI=1S/C11H10ClF3O/c12-5-6-1-2-16-11(6)7-3-8(13)10(15)9(14)4-7/h3-4,6,11H,1-2,5H2. The van der Waals surface area contributed by atoms with Crippen molar-refractivity contribution in [2.24, 2.45) is 5.92 Å². The van der Waals surface area contributed by atoms with E-state index in [1.165, 1.54) is 0 Å². The van der Waals surface area contributed by atoms with Gasteiger partial charge >= 0.3 is 0 Å². The maximum atomic E-state index is 13.0. The Bertz CT molecular complexity index is 374. The summed E-state index contributed by atoms with van der Waals surface area (Å²) in [5.74, 6) is -3.47. The molecule has 88 valence electrons. The molecule has 1 aromatic rings. The molecule has 1 saturated heterocycles. The van der Waals surface area contributed by atoms with Gasteiger partial charge in [0.25, 0.3) is 0 Å². The van der Waals surface area contributed by atoms with Crippen molar-refractivity contribution in [1.82, 2.24) is 0 Å². The molecule has 0 amide bonds. The number of halogens is 4. The minimum atomic E-state index is -1.45. The van der Waals surface area contributed by atoms with Gasteiger partial charge in [0.05, 0.1) is 6.10 Å². The molecule has 1 heterocycles. The first-order valence-corrected chi connectivity index (χ1v) is 5.49. The predicted molar refractivity (Wildman–Crippen MR) is 53.8 cm³/mol. The molecule has 0 radical (unpaired) electrons. The van der Waals surface area contributed by atoms with Crippen LogP contribution in [0, 0.1) is 23.4 Å². The van der Waals surface area contributed by atoms with E-state index in [-0.39, 0.29) is 5.92 Å². The van der Waals surface area contributed by atoms with E-state index in [4.69, 9.17) is 16.3 Å². The third-order valence-corrected chi connectivity index (χ3v) is 3.14. The van der Waals surface area contributed by atoms with Gasteiger partial charge in [-0.05, 0) is 24.1 Å². The van der Waals surface area contributed by atoms with Crippen LogP contribution in [0.3, 0.4) is 0 Å². The highest BCUT2D eigenvalue weighted by Crippen LogP contribution is 2.36. The highest BCUT2D eigenvalue weighted by Gasteiger charge is 2.30. The Hall–Kier alpha value is -0.740. The van der Waals surface area contributed by atoms with Gasteiger partial charge in [0.15, 0.2) is 17.5 Å². The second kappa shape index (κ2) is 4.63. The summed E-state index contributed by atoms with van der Waals surface area (Å²) in [5, 5.41) is 0. The molecule has 0 N–H and O–H groups in total. The van der Waals surface area contributed by atoms with Crippen LogP contribution >= 0.6 is 11.6 Å². The number of ether oxygens (including phenoxy) is 1. The Morgan fingerprint density at radius 3 is 2.44 bits per heavy atom. The third-order valence-electron chi connectivity index (χ3n) is 2.75. The van der Waals surface area contributed by atoms with E-state index in [2.05, 4.69) is 0 Å². The van der Waals surface area contributed by atoms with Crippen molar-refractivity contribution in [3.63, 3.8) is 0 Å². The van der Waals surface area contributed by atoms with E-state index in [1.807, 2.05) is 0 Å². The Morgan fingerprint density at radius 2 is 1.88 bits per heavy atom. The van der Waals surface area contributed by atoms with E-state index < -0.39 is 23.6 Å². The SMILES string of the molecule is Fc1cc(C2OCCC2CCl)cc(F)c1F. The van der Waals surface area contributed by atoms with E-state index in [0.717, 1.165) is 18.6 Å². The van der Waals surface area contributed by atoms with Crippen molar-refractivity contribution >= 4 is 11.6 Å². The van der Waals surface area contributed by atoms with Gasteiger partial charge in [-0.2, -0.15) is 0 Å². The zero-order chi connectivity index (χ0) is 11.7. The van der Waals surface area contributed by atoms with Gasteiger partial charge in [0.1, 0.15) is 0 Å². The Kier molecular flexibility index (Phi) is 3.40. The van der Waals surface area contributed by atoms with Gasteiger partial charge in [0.2, 0.25) is 0 Å². The molecule has 2 rings (SSSR count). The number of alkyl halides is 1. The molecule has 1 aliphatic rings. The maximum Gasteiger partial charge on any atom is 0.194 e. The van der Waals surface area contributed by atoms with Crippen LogP contribution in [0.4, 0.5) is 13.2 Å². The zero-order valence-electron chi connectivity index (χ0n) is 8.35. The topological polar surface area (TPSA) is 9.23 Å². The third kappa shape index (κ3) is 2.04. The average molecular weight is 251 g/mol. The summed E-state index contributed by atoms with van der Waals surface area (Å²) in [6, 6.07) is 1.93. The molecule has 1 fully saturated rings. The quantitative estimate of drug-likeness (QED) is 0.577. The maximum absolute atomic E-state index is 13.0. The van der Waals surface area contributed by atoms with Gasteiger partial charge in [-0.3, -0.25) is 0 Å². The average Bonchev–Trinajstić information content (AvgIpc) is 2.73. The lowest BCUT2D eigenvalue weighted by Crippen LogP contribution is -2.10. The van der Waals surface area contributed by atoms with Crippen LogP contribution in [0.2, 0.25) is 0 Å². The molecule has 2 unspecified atom stereocenters. The summed E-state index contributed by atoms with van der Waals surface area (Å²) in [6.45, 7) is 0.503. The van der Waals surface area contributed by atoms with Crippen molar-refractivity contribution < 1.29 is 17.9 Å². The molecule has 5 heteroatoms. The molecule has 0 aliphatic carbocycles. The fraction of sp³-hybridized carbons (Fsp3) is 0.455. The second-order valence-corrected chi connectivity index (χ2v) is 4.10. The summed E-state index contributed by atoms with van der Waals surface area (Å²) in [6.07, 6.45) is 0.302. The molecular formula is C11H10ClF3O. The first kappa shape index (κ1) is 11.7. The highest BCUT2D eigenvalue weighted by molar-refractivity contribution is 6.18.